The van der Waals surface area contributed by atoms with Crippen molar-refractivity contribution < 1.29 is 0 Å². The average Bonchev–Trinajstić information content (AvgIpc) is 2.94. The molecule has 2 aromatic rings. The Labute approximate surface area is 123 Å². The monoisotopic (exact) mass is 291 g/mol. The summed E-state index contributed by atoms with van der Waals surface area (Å²) in [5.74, 6) is 3.35. The number of piperidine rings is 1. The summed E-state index contributed by atoms with van der Waals surface area (Å²) < 4.78 is 1.80. The minimum absolute atomic E-state index is 0.492. The highest BCUT2D eigenvalue weighted by atomic mass is 35.5. The van der Waals surface area contributed by atoms with Gasteiger partial charge >= 0.3 is 0 Å². The van der Waals surface area contributed by atoms with Gasteiger partial charge < -0.3 is 4.90 Å². The van der Waals surface area contributed by atoms with E-state index in [0.29, 0.717) is 10.9 Å². The fourth-order valence-corrected chi connectivity index (χ4v) is 3.98. The van der Waals surface area contributed by atoms with Crippen LogP contribution in [0.15, 0.2) is 12.4 Å². The predicted molar refractivity (Wildman–Crippen MR) is 78.1 cm³/mol. The van der Waals surface area contributed by atoms with Crippen molar-refractivity contribution >= 4 is 23.2 Å². The fourth-order valence-electron chi connectivity index (χ4n) is 3.80. The lowest BCUT2D eigenvalue weighted by molar-refractivity contribution is 0.201. The van der Waals surface area contributed by atoms with Crippen LogP contribution < -0.4 is 4.90 Å². The van der Waals surface area contributed by atoms with E-state index in [9.17, 15) is 0 Å². The molecule has 3 heterocycles. The number of nitrogens with zero attached hydrogens (tertiary/aromatic N) is 5. The van der Waals surface area contributed by atoms with Crippen LogP contribution in [0.25, 0.3) is 5.78 Å². The summed E-state index contributed by atoms with van der Waals surface area (Å²) in [6, 6.07) is 1.91. The van der Waals surface area contributed by atoms with Gasteiger partial charge in [-0.15, -0.1) is 0 Å². The summed E-state index contributed by atoms with van der Waals surface area (Å²) in [5.41, 5.74) is 0. The second kappa shape index (κ2) is 4.88. The quantitative estimate of drug-likeness (QED) is 0.758. The molecule has 1 aliphatic heterocycles. The highest BCUT2D eigenvalue weighted by Gasteiger charge is 2.32. The number of rotatable bonds is 1. The Balaban J connectivity index is 1.67. The maximum atomic E-state index is 6.12. The van der Waals surface area contributed by atoms with Crippen molar-refractivity contribution in [3.05, 3.63) is 17.5 Å². The van der Waals surface area contributed by atoms with E-state index in [2.05, 4.69) is 20.0 Å². The Morgan fingerprint density at radius 2 is 2.00 bits per heavy atom. The lowest BCUT2D eigenvalue weighted by Gasteiger charge is -2.42. The van der Waals surface area contributed by atoms with E-state index in [-0.39, 0.29) is 0 Å². The first kappa shape index (κ1) is 12.4. The van der Waals surface area contributed by atoms with Gasteiger partial charge in [-0.25, -0.2) is 0 Å². The Morgan fingerprint density at radius 3 is 2.90 bits per heavy atom. The van der Waals surface area contributed by atoms with Gasteiger partial charge in [0, 0.05) is 19.2 Å². The first-order valence-corrected chi connectivity index (χ1v) is 7.80. The number of anilines is 1. The first-order chi connectivity index (χ1) is 9.81. The molecule has 4 rings (SSSR count). The molecule has 6 heteroatoms. The molecule has 0 aromatic carbocycles. The predicted octanol–water partition coefficient (Wildman–Crippen LogP) is 2.79. The van der Waals surface area contributed by atoms with Crippen LogP contribution in [0.1, 0.15) is 32.1 Å². The van der Waals surface area contributed by atoms with E-state index in [1.807, 2.05) is 6.07 Å². The third kappa shape index (κ3) is 2.04. The summed E-state index contributed by atoms with van der Waals surface area (Å²) in [7, 11) is 0. The van der Waals surface area contributed by atoms with Crippen LogP contribution in [0.2, 0.25) is 5.15 Å². The van der Waals surface area contributed by atoms with Gasteiger partial charge in [0.15, 0.2) is 0 Å². The maximum absolute atomic E-state index is 6.12. The zero-order chi connectivity index (χ0) is 13.5. The second-order valence-corrected chi connectivity index (χ2v) is 6.34. The molecule has 2 aromatic heterocycles. The van der Waals surface area contributed by atoms with E-state index >= 15 is 0 Å². The first-order valence-electron chi connectivity index (χ1n) is 7.42. The Kier molecular flexibility index (Phi) is 3.02. The zero-order valence-corrected chi connectivity index (χ0v) is 12.1. The SMILES string of the molecule is Clc1cc(N2CCC3CCCCC3C2)n2ncnc2n1. The maximum Gasteiger partial charge on any atom is 0.255 e. The Hall–Kier alpha value is -1.36. The van der Waals surface area contributed by atoms with Crippen LogP contribution in [0.5, 0.6) is 0 Å². The molecule has 2 unspecified atom stereocenters. The Morgan fingerprint density at radius 1 is 1.15 bits per heavy atom. The molecular weight excluding hydrogens is 274 g/mol. The molecule has 2 atom stereocenters. The van der Waals surface area contributed by atoms with Crippen LogP contribution in [0, 0.1) is 11.8 Å². The minimum Gasteiger partial charge on any atom is -0.356 e. The van der Waals surface area contributed by atoms with Crippen LogP contribution in [0.3, 0.4) is 0 Å². The molecule has 1 saturated heterocycles. The fraction of sp³-hybridized carbons (Fsp3) is 0.643. The third-order valence-corrected chi connectivity index (χ3v) is 5.01. The smallest absolute Gasteiger partial charge is 0.255 e. The van der Waals surface area contributed by atoms with Gasteiger partial charge in [0.25, 0.3) is 5.78 Å². The van der Waals surface area contributed by atoms with E-state index in [1.54, 1.807) is 4.52 Å². The van der Waals surface area contributed by atoms with Gasteiger partial charge in [-0.2, -0.15) is 19.6 Å². The minimum atomic E-state index is 0.492. The van der Waals surface area contributed by atoms with Crippen molar-refractivity contribution in [1.82, 2.24) is 19.6 Å². The van der Waals surface area contributed by atoms with Gasteiger partial charge in [0.05, 0.1) is 0 Å². The largest absolute Gasteiger partial charge is 0.356 e. The van der Waals surface area contributed by atoms with Crippen molar-refractivity contribution in [3.8, 4) is 0 Å². The molecule has 106 valence electrons. The van der Waals surface area contributed by atoms with E-state index < -0.39 is 0 Å². The molecule has 0 spiro atoms. The number of hydrogen-bond acceptors (Lipinski definition) is 4. The lowest BCUT2D eigenvalue weighted by atomic mass is 9.75. The van der Waals surface area contributed by atoms with Crippen molar-refractivity contribution in [2.24, 2.45) is 11.8 Å². The van der Waals surface area contributed by atoms with Crippen molar-refractivity contribution in [3.63, 3.8) is 0 Å². The van der Waals surface area contributed by atoms with Crippen molar-refractivity contribution in [1.29, 1.82) is 0 Å². The summed E-state index contributed by atoms with van der Waals surface area (Å²) in [5, 5.41) is 4.77. The van der Waals surface area contributed by atoms with Crippen LogP contribution in [-0.4, -0.2) is 32.7 Å². The van der Waals surface area contributed by atoms with Gasteiger partial charge in [-0.1, -0.05) is 30.9 Å². The topological polar surface area (TPSA) is 46.3 Å². The molecule has 1 aliphatic carbocycles. The van der Waals surface area contributed by atoms with E-state index in [4.69, 9.17) is 11.6 Å². The summed E-state index contributed by atoms with van der Waals surface area (Å²) >= 11 is 6.12. The van der Waals surface area contributed by atoms with E-state index in [1.165, 1.54) is 38.4 Å². The lowest BCUT2D eigenvalue weighted by Crippen LogP contribution is -2.42. The molecule has 2 fully saturated rings. The molecular formula is C14H18ClN5. The van der Waals surface area contributed by atoms with Crippen LogP contribution >= 0.6 is 11.6 Å². The van der Waals surface area contributed by atoms with Crippen LogP contribution in [0.4, 0.5) is 5.82 Å². The van der Waals surface area contributed by atoms with Crippen molar-refractivity contribution in [2.45, 2.75) is 32.1 Å². The highest BCUT2D eigenvalue weighted by molar-refractivity contribution is 6.29. The molecule has 5 nitrogen and oxygen atoms in total. The normalized spacial score (nSPS) is 26.8. The number of fused-ring (bicyclic) bond motifs is 2. The summed E-state index contributed by atoms with van der Waals surface area (Å²) in [6.07, 6.45) is 8.38. The number of aromatic nitrogens is 4. The molecule has 20 heavy (non-hydrogen) atoms. The Bertz CT molecular complexity index is 625. The molecule has 1 saturated carbocycles. The number of halogens is 1. The van der Waals surface area contributed by atoms with E-state index in [0.717, 1.165) is 30.7 Å². The van der Waals surface area contributed by atoms with Crippen molar-refractivity contribution in [2.75, 3.05) is 18.0 Å². The average molecular weight is 292 g/mol. The van der Waals surface area contributed by atoms with Gasteiger partial charge in [0.1, 0.15) is 17.3 Å². The van der Waals surface area contributed by atoms with Gasteiger partial charge in [-0.05, 0) is 24.7 Å². The van der Waals surface area contributed by atoms with Gasteiger partial charge in [0.2, 0.25) is 0 Å². The van der Waals surface area contributed by atoms with Crippen LogP contribution in [-0.2, 0) is 0 Å². The molecule has 0 N–H and O–H groups in total. The van der Waals surface area contributed by atoms with Gasteiger partial charge in [-0.3, -0.25) is 0 Å². The third-order valence-electron chi connectivity index (χ3n) is 4.82. The second-order valence-electron chi connectivity index (χ2n) is 5.95. The molecule has 2 aliphatic rings. The highest BCUT2D eigenvalue weighted by Crippen LogP contribution is 2.37. The molecule has 0 bridgehead atoms. The molecule has 0 radical (unpaired) electrons. The standard InChI is InChI=1S/C14H18ClN5/c15-12-7-13(20-14(18-12)16-9-17-20)19-6-5-10-3-1-2-4-11(10)8-19/h7,9-11H,1-6,8H2. The zero-order valence-electron chi connectivity index (χ0n) is 11.4. The summed E-state index contributed by atoms with van der Waals surface area (Å²) in [4.78, 5) is 10.8. The molecule has 0 amide bonds. The number of hydrogen-bond donors (Lipinski definition) is 0. The summed E-state index contributed by atoms with van der Waals surface area (Å²) in [6.45, 7) is 2.19.